The highest BCUT2D eigenvalue weighted by Crippen LogP contribution is 2.29. The number of rotatable bonds is 12. The lowest BCUT2D eigenvalue weighted by atomic mass is 10.1. The second kappa shape index (κ2) is 10.9. The number of benzene rings is 1. The minimum Gasteiger partial charge on any atom is -0.392 e. The van der Waals surface area contributed by atoms with Crippen LogP contribution in [0.25, 0.3) is 0 Å². The van der Waals surface area contributed by atoms with E-state index in [0.29, 0.717) is 18.7 Å². The summed E-state index contributed by atoms with van der Waals surface area (Å²) in [5.74, 6) is -0.917. The first-order chi connectivity index (χ1) is 13.3. The maximum atomic E-state index is 14.4. The third-order valence-electron chi connectivity index (χ3n) is 3.95. The van der Waals surface area contributed by atoms with Crippen LogP contribution in [-0.4, -0.2) is 42.1 Å². The van der Waals surface area contributed by atoms with E-state index in [0.717, 1.165) is 49.3 Å². The summed E-state index contributed by atoms with van der Waals surface area (Å²) >= 11 is 6.96. The summed E-state index contributed by atoms with van der Waals surface area (Å²) in [6, 6.07) is 2.13. The van der Waals surface area contributed by atoms with Gasteiger partial charge < -0.3 is 16.2 Å². The number of unbranched alkanes of at least 4 members (excludes halogenated alkanes) is 3. The van der Waals surface area contributed by atoms with E-state index < -0.39 is 26.8 Å². The third kappa shape index (κ3) is 6.82. The molecule has 156 valence electrons. The van der Waals surface area contributed by atoms with E-state index in [1.807, 2.05) is 0 Å². The number of nitrogens with zero attached hydrogens (tertiary/aromatic N) is 2. The van der Waals surface area contributed by atoms with Crippen LogP contribution in [0, 0.1) is 5.82 Å². The lowest BCUT2D eigenvalue weighted by Gasteiger charge is -2.12. The number of hydrogen-bond acceptors (Lipinski definition) is 8. The minimum atomic E-state index is -4.16. The number of nitrogens with one attached hydrogen (secondary N) is 2. The van der Waals surface area contributed by atoms with Crippen molar-refractivity contribution < 1.29 is 17.9 Å². The number of anilines is 2. The number of aliphatic hydroxyl groups is 1. The lowest BCUT2D eigenvalue weighted by molar-refractivity contribution is 0.169. The summed E-state index contributed by atoms with van der Waals surface area (Å²) in [7, 11) is -4.16. The van der Waals surface area contributed by atoms with Crippen LogP contribution in [0.15, 0.2) is 23.4 Å². The molecule has 0 saturated heterocycles. The molecule has 0 radical (unpaired) electrons. The maximum absolute atomic E-state index is 14.4. The van der Waals surface area contributed by atoms with E-state index >= 15 is 0 Å². The quantitative estimate of drug-likeness (QED) is 0.365. The van der Waals surface area contributed by atoms with Crippen LogP contribution in [-0.2, 0) is 10.0 Å². The fraction of sp³-hybridized carbons (Fsp3) is 0.500. The molecule has 8 nitrogen and oxygen atoms in total. The number of nitrogens with two attached hydrogens (primary N) is 1. The second-order valence-corrected chi connectivity index (χ2v) is 8.97. The third-order valence-corrected chi connectivity index (χ3v) is 6.32. The molecule has 5 N–H and O–H groups in total. The van der Waals surface area contributed by atoms with Crippen LogP contribution < -0.4 is 15.8 Å². The molecule has 0 amide bonds. The molecule has 1 aromatic heterocycles. The molecule has 28 heavy (non-hydrogen) atoms. The molecule has 1 unspecified atom stereocenters. The molecule has 12 heteroatoms. The van der Waals surface area contributed by atoms with Crippen molar-refractivity contribution in [2.75, 3.05) is 23.1 Å². The molecule has 0 aliphatic rings. The molecule has 0 aliphatic heterocycles. The molecule has 0 fully saturated rings. The van der Waals surface area contributed by atoms with Gasteiger partial charge in [0.2, 0.25) is 5.13 Å². The standard InChI is InChI=1S/C16H23ClFN5O3S2/c17-12-7-15(28(25,26)23-16-21-10-22-27-16)13(18)8-14(12)20-6-4-2-1-3-5-11(24)9-19/h7-8,10-11,20,24H,1-6,9,19H2,(H,21,22,23). The van der Waals surface area contributed by atoms with E-state index in [2.05, 4.69) is 19.4 Å². The van der Waals surface area contributed by atoms with Gasteiger partial charge in [-0.05, 0) is 25.0 Å². The van der Waals surface area contributed by atoms with Crippen molar-refractivity contribution in [2.45, 2.75) is 43.1 Å². The summed E-state index contributed by atoms with van der Waals surface area (Å²) in [5.41, 5.74) is 5.67. The van der Waals surface area contributed by atoms with E-state index in [4.69, 9.17) is 17.3 Å². The monoisotopic (exact) mass is 451 g/mol. The van der Waals surface area contributed by atoms with Gasteiger partial charge in [0.15, 0.2) is 0 Å². The highest BCUT2D eigenvalue weighted by molar-refractivity contribution is 7.93. The Bertz CT molecular complexity index is 852. The molecule has 0 aliphatic carbocycles. The van der Waals surface area contributed by atoms with Crippen LogP contribution in [0.5, 0.6) is 0 Å². The van der Waals surface area contributed by atoms with Crippen LogP contribution in [0.2, 0.25) is 5.02 Å². The van der Waals surface area contributed by atoms with Crippen LogP contribution >= 0.6 is 23.1 Å². The van der Waals surface area contributed by atoms with Gasteiger partial charge in [-0.15, -0.1) is 0 Å². The summed E-state index contributed by atoms with van der Waals surface area (Å²) in [6.07, 6.45) is 5.03. The molecule has 2 aromatic rings. The largest absolute Gasteiger partial charge is 0.392 e. The molecule has 0 spiro atoms. The van der Waals surface area contributed by atoms with Crippen LogP contribution in [0.3, 0.4) is 0 Å². The first-order valence-electron chi connectivity index (χ1n) is 8.74. The Morgan fingerprint density at radius 2 is 2.04 bits per heavy atom. The van der Waals surface area contributed by atoms with Gasteiger partial charge in [-0.25, -0.2) is 17.8 Å². The Hall–Kier alpha value is -1.53. The van der Waals surface area contributed by atoms with Gasteiger partial charge in [-0.2, -0.15) is 4.37 Å². The van der Waals surface area contributed by atoms with Crippen molar-refractivity contribution >= 4 is 44.0 Å². The van der Waals surface area contributed by atoms with Crippen molar-refractivity contribution in [1.29, 1.82) is 0 Å². The highest BCUT2D eigenvalue weighted by atomic mass is 35.5. The zero-order chi connectivity index (χ0) is 20.6. The zero-order valence-electron chi connectivity index (χ0n) is 15.1. The average Bonchev–Trinajstić information content (AvgIpc) is 3.15. The van der Waals surface area contributed by atoms with Crippen molar-refractivity contribution in [3.8, 4) is 0 Å². The zero-order valence-corrected chi connectivity index (χ0v) is 17.5. The lowest BCUT2D eigenvalue weighted by Crippen LogP contribution is -2.19. The Kier molecular flexibility index (Phi) is 8.83. The van der Waals surface area contributed by atoms with E-state index in [9.17, 15) is 17.9 Å². The van der Waals surface area contributed by atoms with Gasteiger partial charge in [0.25, 0.3) is 10.0 Å². The molecular formula is C16H23ClFN5O3S2. The van der Waals surface area contributed by atoms with Crippen molar-refractivity contribution in [3.63, 3.8) is 0 Å². The number of sulfonamides is 1. The second-order valence-electron chi connectivity index (χ2n) is 6.13. The number of hydrogen-bond donors (Lipinski definition) is 4. The predicted octanol–water partition coefficient (Wildman–Crippen LogP) is 2.81. The van der Waals surface area contributed by atoms with Gasteiger partial charge in [0.1, 0.15) is 17.0 Å². The summed E-state index contributed by atoms with van der Waals surface area (Å²) in [4.78, 5) is 3.15. The fourth-order valence-electron chi connectivity index (χ4n) is 2.46. The smallest absolute Gasteiger partial charge is 0.266 e. The predicted molar refractivity (Wildman–Crippen MR) is 109 cm³/mol. The SMILES string of the molecule is NCC(O)CCCCCCNc1cc(F)c(S(=O)(=O)Nc2ncns2)cc1Cl. The Balaban J connectivity index is 1.87. The first-order valence-corrected chi connectivity index (χ1v) is 11.4. The Morgan fingerprint density at radius 1 is 1.29 bits per heavy atom. The van der Waals surface area contributed by atoms with Gasteiger partial charge >= 0.3 is 0 Å². The topological polar surface area (TPSA) is 130 Å². The highest BCUT2D eigenvalue weighted by Gasteiger charge is 2.22. The summed E-state index contributed by atoms with van der Waals surface area (Å²) < 4.78 is 44.8. The van der Waals surface area contributed by atoms with Gasteiger partial charge in [0.05, 0.1) is 16.8 Å². The van der Waals surface area contributed by atoms with Gasteiger partial charge in [-0.1, -0.05) is 30.9 Å². The number of aromatic nitrogens is 2. The van der Waals surface area contributed by atoms with Crippen LogP contribution in [0.4, 0.5) is 15.2 Å². The average molecular weight is 452 g/mol. The minimum absolute atomic E-state index is 0.0386. The molecule has 0 bridgehead atoms. The molecule has 0 saturated carbocycles. The maximum Gasteiger partial charge on any atom is 0.266 e. The van der Waals surface area contributed by atoms with Gasteiger partial charge in [0, 0.05) is 24.6 Å². The number of aliphatic hydroxyl groups excluding tert-OH is 1. The normalized spacial score (nSPS) is 12.7. The summed E-state index contributed by atoms with van der Waals surface area (Å²) in [6.45, 7) is 0.835. The Morgan fingerprint density at radius 3 is 2.71 bits per heavy atom. The van der Waals surface area contributed by atoms with Crippen LogP contribution in [0.1, 0.15) is 32.1 Å². The Labute approximate surface area is 172 Å². The molecule has 1 atom stereocenters. The van der Waals surface area contributed by atoms with E-state index in [1.165, 1.54) is 6.33 Å². The molecular weight excluding hydrogens is 429 g/mol. The number of halogens is 2. The molecule has 1 heterocycles. The first kappa shape index (κ1) is 22.8. The van der Waals surface area contributed by atoms with E-state index in [1.54, 1.807) is 0 Å². The summed E-state index contributed by atoms with van der Waals surface area (Å²) in [5, 5.41) is 12.5. The van der Waals surface area contributed by atoms with Crippen molar-refractivity contribution in [2.24, 2.45) is 5.73 Å². The van der Waals surface area contributed by atoms with E-state index in [-0.39, 0.29) is 16.7 Å². The van der Waals surface area contributed by atoms with Gasteiger partial charge in [-0.3, -0.25) is 4.72 Å². The molecule has 1 aromatic carbocycles. The van der Waals surface area contributed by atoms with Crippen molar-refractivity contribution in [3.05, 3.63) is 29.3 Å². The molecule has 2 rings (SSSR count). The fourth-order valence-corrected chi connectivity index (χ4v) is 4.50. The van der Waals surface area contributed by atoms with Crippen molar-refractivity contribution in [1.82, 2.24) is 9.36 Å².